The molecule has 0 amide bonds. The number of nitrogens with zero attached hydrogens (tertiary/aromatic N) is 6. The number of piperazine rings is 1. The van der Waals surface area contributed by atoms with E-state index < -0.39 is 23.9 Å². The molecule has 1 aromatic carbocycles. The predicted octanol–water partition coefficient (Wildman–Crippen LogP) is 3.75. The molecule has 0 spiro atoms. The summed E-state index contributed by atoms with van der Waals surface area (Å²) in [7, 11) is 3.89. The minimum absolute atomic E-state index is 0.291. The topological polar surface area (TPSA) is 260 Å². The minimum Gasteiger partial charge on any atom is -0.495 e. The molecule has 1 saturated heterocycles. The van der Waals surface area contributed by atoms with Gasteiger partial charge in [-0.1, -0.05) is 6.07 Å². The molecule has 18 nitrogen and oxygen atoms in total. The van der Waals surface area contributed by atoms with Crippen LogP contribution < -0.4 is 15.8 Å². The number of anilines is 2. The summed E-state index contributed by atoms with van der Waals surface area (Å²) in [5.41, 5.74) is 9.80. The second-order valence-electron chi connectivity index (χ2n) is 12.9. The monoisotopic (exact) mass is 762 g/mol. The highest BCUT2D eigenvalue weighted by molar-refractivity contribution is 5.98. The zero-order valence-corrected chi connectivity index (χ0v) is 30.8. The van der Waals surface area contributed by atoms with Crippen molar-refractivity contribution in [2.75, 3.05) is 51.4 Å². The number of hydrogen-bond acceptors (Lipinski definition) is 13. The molecule has 7 N–H and O–H groups in total. The van der Waals surface area contributed by atoms with E-state index in [0.29, 0.717) is 48.8 Å². The van der Waals surface area contributed by atoms with E-state index in [1.807, 2.05) is 37.3 Å². The summed E-state index contributed by atoms with van der Waals surface area (Å²) in [6, 6.07) is 10.9. The van der Waals surface area contributed by atoms with E-state index in [1.54, 1.807) is 13.4 Å². The van der Waals surface area contributed by atoms with E-state index >= 15 is 0 Å². The fraction of sp³-hybridized carbons (Fsp3) is 0.378. The van der Waals surface area contributed by atoms with Crippen molar-refractivity contribution >= 4 is 46.4 Å². The maximum Gasteiger partial charge on any atom is 0.328 e. The number of carbonyl (C=O) groups is 4. The van der Waals surface area contributed by atoms with E-state index in [0.717, 1.165) is 84.3 Å². The van der Waals surface area contributed by atoms with Gasteiger partial charge in [0.25, 0.3) is 0 Å². The second-order valence-corrected chi connectivity index (χ2v) is 12.9. The third-order valence-electron chi connectivity index (χ3n) is 9.05. The summed E-state index contributed by atoms with van der Waals surface area (Å²) < 4.78 is 13.5. The molecular weight excluding hydrogens is 716 g/mol. The Hall–Kier alpha value is -6.27. The summed E-state index contributed by atoms with van der Waals surface area (Å²) in [6.45, 7) is 7.15. The SMILES string of the molecule is COc1cc(-c2nn(C3CCC(N4CCN(C)CC4)CC3)c3ncnc(N)c23)ccc1NCc1ccc(C)o1.O=C(O)/C=C\C(=O)O.O=C(O)/C=C\C(=O)O. The molecule has 3 aromatic heterocycles. The molecule has 0 radical (unpaired) electrons. The molecule has 2 aliphatic rings. The summed E-state index contributed by atoms with van der Waals surface area (Å²) >= 11 is 0. The molecule has 6 rings (SSSR count). The molecule has 0 unspecified atom stereocenters. The van der Waals surface area contributed by atoms with Crippen molar-refractivity contribution in [3.63, 3.8) is 0 Å². The Kier molecular flexibility index (Phi) is 14.9. The van der Waals surface area contributed by atoms with Crippen LogP contribution in [0.25, 0.3) is 22.3 Å². The zero-order valence-electron chi connectivity index (χ0n) is 30.8. The van der Waals surface area contributed by atoms with E-state index in [2.05, 4.69) is 36.8 Å². The van der Waals surface area contributed by atoms with Gasteiger partial charge in [0.05, 0.1) is 30.8 Å². The fourth-order valence-electron chi connectivity index (χ4n) is 6.34. The normalized spacial score (nSPS) is 17.6. The first-order valence-corrected chi connectivity index (χ1v) is 17.4. The number of nitrogens with two attached hydrogens (primary N) is 1. The number of nitrogen functional groups attached to an aromatic ring is 1. The van der Waals surface area contributed by atoms with Gasteiger partial charge < -0.3 is 45.5 Å². The predicted molar refractivity (Wildman–Crippen MR) is 202 cm³/mol. The minimum atomic E-state index is -1.26. The molecule has 55 heavy (non-hydrogen) atoms. The number of likely N-dealkylation sites (N-methyl/N-ethyl adjacent to an activating group) is 1. The summed E-state index contributed by atoms with van der Waals surface area (Å²) in [6.07, 6.45) is 8.28. The van der Waals surface area contributed by atoms with Gasteiger partial charge in [0.1, 0.15) is 35.1 Å². The van der Waals surface area contributed by atoms with Crippen molar-refractivity contribution in [1.82, 2.24) is 29.5 Å². The Morgan fingerprint density at radius 3 is 1.98 bits per heavy atom. The first-order chi connectivity index (χ1) is 26.2. The Balaban J connectivity index is 0.000000354. The molecule has 1 aliphatic heterocycles. The highest BCUT2D eigenvalue weighted by atomic mass is 16.5. The standard InChI is InChI=1S/C29H38N8O2.2C4H4O4/c1-19-4-10-23(39-19)17-31-24-11-5-20(16-25(24)38-3)27-26-28(30)32-18-33-29(26)37(34-27)22-8-6-21(7-9-22)36-14-12-35(2)13-15-36;2*5-3(6)1-2-4(7)8/h4-5,10-11,16,18,21-22,31H,6-9,12-15,17H2,1-3H3,(H2,30,32,33);2*1-2H,(H,5,6)(H,7,8)/b;2*2-1-. The quantitative estimate of drug-likeness (QED) is 0.119. The van der Waals surface area contributed by atoms with Gasteiger partial charge in [0.2, 0.25) is 0 Å². The van der Waals surface area contributed by atoms with Crippen LogP contribution in [0.1, 0.15) is 43.2 Å². The van der Waals surface area contributed by atoms with Gasteiger partial charge in [-0.25, -0.2) is 33.8 Å². The van der Waals surface area contributed by atoms with Crippen molar-refractivity contribution in [1.29, 1.82) is 0 Å². The Bertz CT molecular complexity index is 1940. The van der Waals surface area contributed by atoms with E-state index in [9.17, 15) is 19.2 Å². The number of furan rings is 1. The third kappa shape index (κ3) is 12.1. The van der Waals surface area contributed by atoms with Crippen LogP contribution in [0.15, 0.2) is 65.4 Å². The lowest BCUT2D eigenvalue weighted by atomic mass is 9.90. The van der Waals surface area contributed by atoms with Gasteiger partial charge in [-0.15, -0.1) is 0 Å². The summed E-state index contributed by atoms with van der Waals surface area (Å²) in [5, 5.41) is 40.6. The number of fused-ring (bicyclic) bond motifs is 1. The number of benzene rings is 1. The molecule has 1 saturated carbocycles. The zero-order chi connectivity index (χ0) is 40.1. The molecule has 0 bridgehead atoms. The molecule has 4 aromatic rings. The molecule has 0 atom stereocenters. The molecule has 1 aliphatic carbocycles. The highest BCUT2D eigenvalue weighted by Gasteiger charge is 2.31. The van der Waals surface area contributed by atoms with Crippen LogP contribution in [0.5, 0.6) is 5.75 Å². The first kappa shape index (κ1) is 41.5. The van der Waals surface area contributed by atoms with Crippen molar-refractivity contribution < 1.29 is 48.8 Å². The number of carboxylic acids is 4. The van der Waals surface area contributed by atoms with Crippen LogP contribution in [-0.4, -0.2) is 120 Å². The van der Waals surface area contributed by atoms with Gasteiger partial charge in [-0.05, 0) is 63.9 Å². The van der Waals surface area contributed by atoms with Crippen molar-refractivity contribution in [2.45, 2.75) is 51.2 Å². The van der Waals surface area contributed by atoms with Crippen LogP contribution in [0.3, 0.4) is 0 Å². The van der Waals surface area contributed by atoms with Gasteiger partial charge in [0, 0.05) is 62.1 Å². The van der Waals surface area contributed by atoms with Crippen molar-refractivity contribution in [2.24, 2.45) is 0 Å². The largest absolute Gasteiger partial charge is 0.495 e. The van der Waals surface area contributed by atoms with E-state index in [4.69, 9.17) is 40.4 Å². The fourth-order valence-corrected chi connectivity index (χ4v) is 6.34. The number of nitrogens with one attached hydrogen (secondary N) is 1. The molecule has 4 heterocycles. The smallest absolute Gasteiger partial charge is 0.328 e. The number of ether oxygens (including phenoxy) is 1. The van der Waals surface area contributed by atoms with Crippen LogP contribution in [0, 0.1) is 6.92 Å². The number of rotatable bonds is 11. The number of aryl methyl sites for hydroxylation is 1. The third-order valence-corrected chi connectivity index (χ3v) is 9.05. The lowest BCUT2D eigenvalue weighted by Gasteiger charge is -2.41. The molecule has 18 heteroatoms. The Morgan fingerprint density at radius 2 is 1.45 bits per heavy atom. The number of aromatic nitrogens is 4. The number of aliphatic carboxylic acids is 4. The highest BCUT2D eigenvalue weighted by Crippen LogP contribution is 2.39. The van der Waals surface area contributed by atoms with Gasteiger partial charge in [-0.3, -0.25) is 4.90 Å². The van der Waals surface area contributed by atoms with E-state index in [1.165, 1.54) is 12.8 Å². The Morgan fingerprint density at radius 1 is 0.873 bits per heavy atom. The molecule has 294 valence electrons. The molecule has 2 fully saturated rings. The maximum atomic E-state index is 9.55. The summed E-state index contributed by atoms with van der Waals surface area (Å²) in [4.78, 5) is 52.3. The van der Waals surface area contributed by atoms with Crippen LogP contribution in [0.2, 0.25) is 0 Å². The van der Waals surface area contributed by atoms with Crippen LogP contribution >= 0.6 is 0 Å². The van der Waals surface area contributed by atoms with Gasteiger partial charge in [-0.2, -0.15) is 5.10 Å². The van der Waals surface area contributed by atoms with E-state index in [-0.39, 0.29) is 0 Å². The van der Waals surface area contributed by atoms with Crippen LogP contribution in [-0.2, 0) is 25.7 Å². The van der Waals surface area contributed by atoms with Crippen molar-refractivity contribution in [3.8, 4) is 17.0 Å². The summed E-state index contributed by atoms with van der Waals surface area (Å²) in [5.74, 6) is -2.09. The number of carboxylic acid groups (broad SMARTS) is 4. The first-order valence-electron chi connectivity index (χ1n) is 17.4. The lowest BCUT2D eigenvalue weighted by molar-refractivity contribution is -0.134. The average molecular weight is 763 g/mol. The second kappa shape index (κ2) is 19.7. The van der Waals surface area contributed by atoms with Crippen molar-refractivity contribution in [3.05, 3.63) is 72.5 Å². The molecular formula is C37H46N8O10. The lowest BCUT2D eigenvalue weighted by Crippen LogP contribution is -2.49. The van der Waals surface area contributed by atoms with Gasteiger partial charge in [0.15, 0.2) is 5.65 Å². The average Bonchev–Trinajstić information content (AvgIpc) is 3.77. The van der Waals surface area contributed by atoms with Gasteiger partial charge >= 0.3 is 23.9 Å². The van der Waals surface area contributed by atoms with Crippen LogP contribution in [0.4, 0.5) is 11.5 Å². The Labute approximate surface area is 316 Å². The maximum absolute atomic E-state index is 9.55. The number of methoxy groups -OCH3 is 1. The number of hydrogen-bond donors (Lipinski definition) is 6.